The van der Waals surface area contributed by atoms with Crippen molar-refractivity contribution in [2.45, 2.75) is 0 Å². The van der Waals surface area contributed by atoms with E-state index in [2.05, 4.69) is 16.0 Å². The normalized spacial score (nSPS) is 12.0. The van der Waals surface area contributed by atoms with Crippen molar-refractivity contribution in [2.24, 2.45) is 0 Å². The summed E-state index contributed by atoms with van der Waals surface area (Å²) in [4.78, 5) is 24.7. The van der Waals surface area contributed by atoms with Crippen LogP contribution in [-0.4, -0.2) is 11.9 Å². The number of carbonyl (C=O) groups excluding carboxylic acids is 2. The predicted octanol–water partition coefficient (Wildman–Crippen LogP) is 5.48. The first-order chi connectivity index (χ1) is 13.5. The van der Waals surface area contributed by atoms with E-state index in [0.29, 0.717) is 27.9 Å². The summed E-state index contributed by atoms with van der Waals surface area (Å²) < 4.78 is 19.4. The molecular weight excluding hydrogens is 385 g/mol. The van der Waals surface area contributed by atoms with E-state index < -0.39 is 17.8 Å². The molecule has 140 valence electrons. The second kappa shape index (κ2) is 7.21. The van der Waals surface area contributed by atoms with Crippen LogP contribution in [0.25, 0.3) is 0 Å². The number of urea groups is 1. The summed E-state index contributed by atoms with van der Waals surface area (Å²) in [6.45, 7) is 0. The molecule has 3 amide bonds. The first kappa shape index (κ1) is 17.8. The van der Waals surface area contributed by atoms with E-state index in [1.54, 1.807) is 36.4 Å². The molecule has 3 aromatic rings. The molecule has 1 aliphatic heterocycles. The Balaban J connectivity index is 1.55. The molecule has 8 heteroatoms. The standard InChI is InChI=1S/C20H13ClFN3O3/c21-11-5-7-18-16(9-11)24-19(26)13-10-12(6-8-17(13)28-18)23-20(27)25-15-4-2-1-3-14(15)22/h1-10H,(H,24,26)(H2,23,25,27). The second-order valence-electron chi connectivity index (χ2n) is 5.97. The molecule has 0 spiro atoms. The number of ether oxygens (including phenoxy) is 1. The van der Waals surface area contributed by atoms with Crippen LogP contribution in [-0.2, 0) is 0 Å². The topological polar surface area (TPSA) is 79.5 Å². The highest BCUT2D eigenvalue weighted by Gasteiger charge is 2.22. The lowest BCUT2D eigenvalue weighted by molar-refractivity contribution is 0.102. The molecule has 6 nitrogen and oxygen atoms in total. The summed E-state index contributed by atoms with van der Waals surface area (Å²) in [5, 5.41) is 8.16. The number of hydrogen-bond donors (Lipinski definition) is 3. The SMILES string of the molecule is O=C(Nc1ccc2c(c1)C(=O)Nc1cc(Cl)ccc1O2)Nc1ccccc1F. The van der Waals surface area contributed by atoms with Crippen LogP contribution < -0.4 is 20.7 Å². The Morgan fingerprint density at radius 2 is 1.79 bits per heavy atom. The molecule has 4 rings (SSSR count). The van der Waals surface area contributed by atoms with E-state index in [-0.39, 0.29) is 11.3 Å². The fourth-order valence-corrected chi connectivity index (χ4v) is 2.89. The molecule has 0 saturated carbocycles. The number of fused-ring (bicyclic) bond motifs is 2. The molecule has 0 saturated heterocycles. The van der Waals surface area contributed by atoms with Gasteiger partial charge in [0.25, 0.3) is 5.91 Å². The van der Waals surface area contributed by atoms with Crippen molar-refractivity contribution in [3.05, 3.63) is 77.1 Å². The Morgan fingerprint density at radius 3 is 2.61 bits per heavy atom. The number of halogens is 2. The summed E-state index contributed by atoms with van der Waals surface area (Å²) in [7, 11) is 0. The fraction of sp³-hybridized carbons (Fsp3) is 0. The van der Waals surface area contributed by atoms with E-state index in [1.807, 2.05) is 0 Å². The maximum atomic E-state index is 13.6. The number of carbonyl (C=O) groups is 2. The van der Waals surface area contributed by atoms with Crippen molar-refractivity contribution in [2.75, 3.05) is 16.0 Å². The monoisotopic (exact) mass is 397 g/mol. The summed E-state index contributed by atoms with van der Waals surface area (Å²) in [6, 6.07) is 14.7. The van der Waals surface area contributed by atoms with Gasteiger partial charge < -0.3 is 20.7 Å². The van der Waals surface area contributed by atoms with Gasteiger partial charge in [0.15, 0.2) is 5.75 Å². The number of para-hydroxylation sites is 1. The van der Waals surface area contributed by atoms with Gasteiger partial charge in [0.2, 0.25) is 0 Å². The van der Waals surface area contributed by atoms with Crippen LogP contribution in [0.5, 0.6) is 11.5 Å². The van der Waals surface area contributed by atoms with Crippen molar-refractivity contribution >= 4 is 40.6 Å². The third-order valence-corrected chi connectivity index (χ3v) is 4.25. The lowest BCUT2D eigenvalue weighted by Gasteiger charge is -2.11. The third-order valence-electron chi connectivity index (χ3n) is 4.01. The lowest BCUT2D eigenvalue weighted by atomic mass is 10.1. The largest absolute Gasteiger partial charge is 0.454 e. The van der Waals surface area contributed by atoms with Gasteiger partial charge in [-0.15, -0.1) is 0 Å². The predicted molar refractivity (Wildman–Crippen MR) is 105 cm³/mol. The van der Waals surface area contributed by atoms with E-state index in [4.69, 9.17) is 16.3 Å². The van der Waals surface area contributed by atoms with Gasteiger partial charge in [-0.25, -0.2) is 9.18 Å². The number of amides is 3. The molecule has 0 bridgehead atoms. The van der Waals surface area contributed by atoms with Gasteiger partial charge in [0, 0.05) is 10.7 Å². The van der Waals surface area contributed by atoms with E-state index in [0.717, 1.165) is 0 Å². The minimum Gasteiger partial charge on any atom is -0.454 e. The number of anilines is 3. The van der Waals surface area contributed by atoms with Crippen LogP contribution in [0.3, 0.4) is 0 Å². The summed E-state index contributed by atoms with van der Waals surface area (Å²) >= 11 is 5.96. The van der Waals surface area contributed by atoms with Crippen molar-refractivity contribution in [1.82, 2.24) is 0 Å². The highest BCUT2D eigenvalue weighted by molar-refractivity contribution is 6.31. The van der Waals surface area contributed by atoms with Gasteiger partial charge in [-0.3, -0.25) is 4.79 Å². The molecule has 0 atom stereocenters. The molecular formula is C20H13ClFN3O3. The minimum absolute atomic E-state index is 0.0446. The third kappa shape index (κ3) is 3.60. The van der Waals surface area contributed by atoms with Crippen LogP contribution in [0, 0.1) is 5.82 Å². The zero-order valence-corrected chi connectivity index (χ0v) is 15.0. The molecule has 0 radical (unpaired) electrons. The molecule has 3 N–H and O–H groups in total. The highest BCUT2D eigenvalue weighted by Crippen LogP contribution is 2.37. The Kier molecular flexibility index (Phi) is 4.58. The van der Waals surface area contributed by atoms with Crippen LogP contribution in [0.2, 0.25) is 5.02 Å². The number of rotatable bonds is 2. The number of hydrogen-bond acceptors (Lipinski definition) is 3. The van der Waals surface area contributed by atoms with Gasteiger partial charge in [0.1, 0.15) is 11.6 Å². The number of benzene rings is 3. The first-order valence-electron chi connectivity index (χ1n) is 8.25. The van der Waals surface area contributed by atoms with Gasteiger partial charge in [-0.1, -0.05) is 23.7 Å². The van der Waals surface area contributed by atoms with Crippen molar-refractivity contribution in [1.29, 1.82) is 0 Å². The molecule has 1 heterocycles. The summed E-state index contributed by atoms with van der Waals surface area (Å²) in [6.07, 6.45) is 0. The second-order valence-corrected chi connectivity index (χ2v) is 6.40. The first-order valence-corrected chi connectivity index (χ1v) is 8.63. The average Bonchev–Trinajstić information content (AvgIpc) is 2.79. The van der Waals surface area contributed by atoms with Crippen LogP contribution in [0.4, 0.5) is 26.2 Å². The maximum Gasteiger partial charge on any atom is 0.323 e. The van der Waals surface area contributed by atoms with Gasteiger partial charge in [0.05, 0.1) is 16.9 Å². The van der Waals surface area contributed by atoms with Crippen LogP contribution >= 0.6 is 11.6 Å². The van der Waals surface area contributed by atoms with E-state index in [1.165, 1.54) is 24.3 Å². The van der Waals surface area contributed by atoms with Crippen LogP contribution in [0.15, 0.2) is 60.7 Å². The van der Waals surface area contributed by atoms with E-state index >= 15 is 0 Å². The van der Waals surface area contributed by atoms with Crippen molar-refractivity contribution in [3.8, 4) is 11.5 Å². The Bertz CT molecular complexity index is 1100. The van der Waals surface area contributed by atoms with Crippen molar-refractivity contribution < 1.29 is 18.7 Å². The Labute approximate surface area is 164 Å². The Morgan fingerprint density at radius 1 is 1.00 bits per heavy atom. The number of nitrogens with one attached hydrogen (secondary N) is 3. The van der Waals surface area contributed by atoms with Gasteiger partial charge in [-0.2, -0.15) is 0 Å². The van der Waals surface area contributed by atoms with Gasteiger partial charge >= 0.3 is 6.03 Å². The highest BCUT2D eigenvalue weighted by atomic mass is 35.5. The Hall–Kier alpha value is -3.58. The van der Waals surface area contributed by atoms with Crippen LogP contribution in [0.1, 0.15) is 10.4 Å². The molecule has 1 aliphatic rings. The fourth-order valence-electron chi connectivity index (χ4n) is 2.72. The summed E-state index contributed by atoms with van der Waals surface area (Å²) in [5.74, 6) is -0.175. The minimum atomic E-state index is -0.643. The molecule has 0 aromatic heterocycles. The smallest absolute Gasteiger partial charge is 0.323 e. The lowest BCUT2D eigenvalue weighted by Crippen LogP contribution is -2.20. The zero-order chi connectivity index (χ0) is 19.7. The van der Waals surface area contributed by atoms with E-state index in [9.17, 15) is 14.0 Å². The van der Waals surface area contributed by atoms with Gasteiger partial charge in [-0.05, 0) is 48.5 Å². The zero-order valence-electron chi connectivity index (χ0n) is 14.3. The molecule has 28 heavy (non-hydrogen) atoms. The maximum absolute atomic E-state index is 13.6. The quantitative estimate of drug-likeness (QED) is 0.535. The molecule has 3 aromatic carbocycles. The average molecular weight is 398 g/mol. The van der Waals surface area contributed by atoms with Crippen molar-refractivity contribution in [3.63, 3.8) is 0 Å². The summed E-state index contributed by atoms with van der Waals surface area (Å²) in [5.41, 5.74) is 1.06. The molecule has 0 aliphatic carbocycles. The molecule has 0 fully saturated rings. The molecule has 0 unspecified atom stereocenters.